The minimum atomic E-state index is -0.352. The van der Waals surface area contributed by atoms with Crippen LogP contribution in [0.1, 0.15) is 30.5 Å². The maximum atomic E-state index is 13.9. The van der Waals surface area contributed by atoms with Crippen LogP contribution in [0.4, 0.5) is 4.39 Å². The molecule has 1 N–H and O–H groups in total. The third-order valence-corrected chi connectivity index (χ3v) is 4.75. The van der Waals surface area contributed by atoms with Gasteiger partial charge < -0.3 is 15.0 Å². The van der Waals surface area contributed by atoms with E-state index in [1.54, 1.807) is 17.2 Å². The number of aromatic nitrogens is 1. The fourth-order valence-corrected chi connectivity index (χ4v) is 3.51. The van der Waals surface area contributed by atoms with Gasteiger partial charge in [0.25, 0.3) is 0 Å². The van der Waals surface area contributed by atoms with Crippen molar-refractivity contribution in [3.05, 3.63) is 59.7 Å². The first kappa shape index (κ1) is 18.3. The number of halogens is 1. The van der Waals surface area contributed by atoms with E-state index in [1.807, 2.05) is 38.4 Å². The Labute approximate surface area is 153 Å². The minimum Gasteiger partial charge on any atom is -0.491 e. The molecule has 1 aromatic carbocycles. The normalized spacial score (nSPS) is 19.8. The predicted octanol–water partition coefficient (Wildman–Crippen LogP) is 2.93. The molecule has 0 radical (unpaired) electrons. The summed E-state index contributed by atoms with van der Waals surface area (Å²) in [6, 6.07) is 8.90. The third-order valence-electron chi connectivity index (χ3n) is 4.75. The Kier molecular flexibility index (Phi) is 5.83. The van der Waals surface area contributed by atoms with Crippen molar-refractivity contribution >= 4 is 5.91 Å². The average Bonchev–Trinajstić information content (AvgIpc) is 2.92. The zero-order valence-electron chi connectivity index (χ0n) is 15.1. The standard InChI is InChI=1S/C20H24FN3O2/c1-3-26-18-7-6-14(9-17(18)21)11-23-13-16-10-19(25)24(2)20(16)15-5-4-8-22-12-15/h4-9,12,16,20,23H,3,10-11,13H2,1-2H3/t16-,20-/m0/s1. The lowest BCUT2D eigenvalue weighted by molar-refractivity contribution is -0.127. The van der Waals surface area contributed by atoms with E-state index < -0.39 is 0 Å². The zero-order valence-corrected chi connectivity index (χ0v) is 15.1. The quantitative estimate of drug-likeness (QED) is 0.828. The van der Waals surface area contributed by atoms with Crippen molar-refractivity contribution in [2.75, 3.05) is 20.2 Å². The molecule has 0 spiro atoms. The maximum absolute atomic E-state index is 13.9. The Hall–Kier alpha value is -2.47. The molecule has 1 aliphatic heterocycles. The van der Waals surface area contributed by atoms with Crippen LogP contribution in [0, 0.1) is 11.7 Å². The number of hydrogen-bond donors (Lipinski definition) is 1. The number of carbonyl (C=O) groups excluding carboxylic acids is 1. The fraction of sp³-hybridized carbons (Fsp3) is 0.400. The molecule has 5 nitrogen and oxygen atoms in total. The lowest BCUT2D eigenvalue weighted by atomic mass is 9.94. The zero-order chi connectivity index (χ0) is 18.5. The molecule has 2 atom stereocenters. The molecule has 26 heavy (non-hydrogen) atoms. The van der Waals surface area contributed by atoms with Gasteiger partial charge in [0.05, 0.1) is 12.6 Å². The van der Waals surface area contributed by atoms with Crippen molar-refractivity contribution in [3.8, 4) is 5.75 Å². The summed E-state index contributed by atoms with van der Waals surface area (Å²) in [6.07, 6.45) is 4.04. The van der Waals surface area contributed by atoms with E-state index in [0.29, 0.717) is 26.1 Å². The lowest BCUT2D eigenvalue weighted by Gasteiger charge is -2.25. The van der Waals surface area contributed by atoms with Gasteiger partial charge in [-0.05, 0) is 36.2 Å². The lowest BCUT2D eigenvalue weighted by Crippen LogP contribution is -2.29. The van der Waals surface area contributed by atoms with Crippen LogP contribution in [0.15, 0.2) is 42.7 Å². The number of carbonyl (C=O) groups is 1. The Bertz CT molecular complexity index is 754. The van der Waals surface area contributed by atoms with Crippen LogP contribution in [-0.4, -0.2) is 36.0 Å². The van der Waals surface area contributed by atoms with Gasteiger partial charge in [0, 0.05) is 44.9 Å². The van der Waals surface area contributed by atoms with Crippen LogP contribution in [0.3, 0.4) is 0 Å². The number of nitrogens with one attached hydrogen (secondary N) is 1. The molecule has 3 rings (SSSR count). The summed E-state index contributed by atoms with van der Waals surface area (Å²) in [6.45, 7) is 3.48. The van der Waals surface area contributed by atoms with E-state index in [4.69, 9.17) is 4.74 Å². The Morgan fingerprint density at radius 1 is 1.38 bits per heavy atom. The van der Waals surface area contributed by atoms with Gasteiger partial charge in [0.2, 0.25) is 5.91 Å². The van der Waals surface area contributed by atoms with Crippen molar-refractivity contribution in [3.63, 3.8) is 0 Å². The number of amides is 1. The van der Waals surface area contributed by atoms with Crippen LogP contribution >= 0.6 is 0 Å². The minimum absolute atomic E-state index is 0.0146. The first-order valence-corrected chi connectivity index (χ1v) is 8.87. The SMILES string of the molecule is CCOc1ccc(CNC[C@@H]2CC(=O)N(C)[C@H]2c2cccnc2)cc1F. The van der Waals surface area contributed by atoms with Crippen LogP contribution in [-0.2, 0) is 11.3 Å². The van der Waals surface area contributed by atoms with Gasteiger partial charge in [-0.3, -0.25) is 9.78 Å². The number of pyridine rings is 1. The number of likely N-dealkylation sites (tertiary alicyclic amines) is 1. The second-order valence-electron chi connectivity index (χ2n) is 6.53. The average molecular weight is 357 g/mol. The summed E-state index contributed by atoms with van der Waals surface area (Å²) >= 11 is 0. The van der Waals surface area contributed by atoms with Crippen molar-refractivity contribution in [2.45, 2.75) is 25.9 Å². The molecule has 0 bridgehead atoms. The summed E-state index contributed by atoms with van der Waals surface area (Å²) in [5, 5.41) is 3.36. The molecule has 6 heteroatoms. The number of rotatable bonds is 7. The fourth-order valence-electron chi connectivity index (χ4n) is 3.51. The summed E-state index contributed by atoms with van der Waals surface area (Å²) in [5.41, 5.74) is 1.89. The topological polar surface area (TPSA) is 54.5 Å². The van der Waals surface area contributed by atoms with Crippen molar-refractivity contribution < 1.29 is 13.9 Å². The summed E-state index contributed by atoms with van der Waals surface area (Å²) in [7, 11) is 1.84. The van der Waals surface area contributed by atoms with Gasteiger partial charge in [0.1, 0.15) is 0 Å². The van der Waals surface area contributed by atoms with Crippen molar-refractivity contribution in [2.24, 2.45) is 5.92 Å². The molecule has 0 unspecified atom stereocenters. The van der Waals surface area contributed by atoms with E-state index in [2.05, 4.69) is 10.3 Å². The van der Waals surface area contributed by atoms with E-state index in [1.165, 1.54) is 6.07 Å². The summed E-state index contributed by atoms with van der Waals surface area (Å²) in [5.74, 6) is 0.216. The number of nitrogens with zero attached hydrogens (tertiary/aromatic N) is 2. The van der Waals surface area contributed by atoms with Crippen molar-refractivity contribution in [1.29, 1.82) is 0 Å². The monoisotopic (exact) mass is 357 g/mol. The molecular formula is C20H24FN3O2. The first-order chi connectivity index (χ1) is 12.6. The van der Waals surface area contributed by atoms with Gasteiger partial charge in [-0.15, -0.1) is 0 Å². The number of hydrogen-bond acceptors (Lipinski definition) is 4. The molecule has 2 heterocycles. The van der Waals surface area contributed by atoms with Gasteiger partial charge in [0.15, 0.2) is 11.6 Å². The Morgan fingerprint density at radius 2 is 2.23 bits per heavy atom. The Balaban J connectivity index is 1.61. The molecule has 1 saturated heterocycles. The predicted molar refractivity (Wildman–Crippen MR) is 97.1 cm³/mol. The smallest absolute Gasteiger partial charge is 0.223 e. The third kappa shape index (κ3) is 4.02. The Morgan fingerprint density at radius 3 is 2.92 bits per heavy atom. The van der Waals surface area contributed by atoms with Crippen LogP contribution in [0.25, 0.3) is 0 Å². The van der Waals surface area contributed by atoms with Gasteiger partial charge >= 0.3 is 0 Å². The molecular weight excluding hydrogens is 333 g/mol. The molecule has 138 valence electrons. The highest BCUT2D eigenvalue weighted by Crippen LogP contribution is 2.36. The summed E-state index contributed by atoms with van der Waals surface area (Å²) in [4.78, 5) is 18.1. The molecule has 2 aromatic rings. The summed E-state index contributed by atoms with van der Waals surface area (Å²) < 4.78 is 19.2. The van der Waals surface area contributed by atoms with Gasteiger partial charge in [-0.1, -0.05) is 12.1 Å². The van der Waals surface area contributed by atoms with Crippen LogP contribution in [0.2, 0.25) is 0 Å². The molecule has 1 amide bonds. The number of benzene rings is 1. The van der Waals surface area contributed by atoms with Crippen LogP contribution in [0.5, 0.6) is 5.75 Å². The van der Waals surface area contributed by atoms with E-state index in [-0.39, 0.29) is 29.4 Å². The van der Waals surface area contributed by atoms with Gasteiger partial charge in [-0.2, -0.15) is 0 Å². The van der Waals surface area contributed by atoms with Crippen molar-refractivity contribution in [1.82, 2.24) is 15.2 Å². The largest absolute Gasteiger partial charge is 0.491 e. The first-order valence-electron chi connectivity index (χ1n) is 8.87. The molecule has 0 saturated carbocycles. The van der Waals surface area contributed by atoms with E-state index >= 15 is 0 Å². The molecule has 1 aliphatic rings. The second kappa shape index (κ2) is 8.27. The van der Waals surface area contributed by atoms with E-state index in [9.17, 15) is 9.18 Å². The molecule has 1 fully saturated rings. The van der Waals surface area contributed by atoms with E-state index in [0.717, 1.165) is 11.1 Å². The maximum Gasteiger partial charge on any atom is 0.223 e. The van der Waals surface area contributed by atoms with Gasteiger partial charge in [-0.25, -0.2) is 4.39 Å². The van der Waals surface area contributed by atoms with Crippen LogP contribution < -0.4 is 10.1 Å². The second-order valence-corrected chi connectivity index (χ2v) is 6.53. The highest BCUT2D eigenvalue weighted by atomic mass is 19.1. The molecule has 1 aromatic heterocycles. The number of ether oxygens (including phenoxy) is 1. The highest BCUT2D eigenvalue weighted by molar-refractivity contribution is 5.79. The molecule has 0 aliphatic carbocycles. The highest BCUT2D eigenvalue weighted by Gasteiger charge is 2.38.